The second kappa shape index (κ2) is 13.1. The van der Waals surface area contributed by atoms with Crippen LogP contribution >= 0.6 is 11.6 Å². The second-order valence-electron chi connectivity index (χ2n) is 10.0. The number of alkyl halides is 3. The topological polar surface area (TPSA) is 199 Å². The molecule has 3 aromatic carbocycles. The van der Waals surface area contributed by atoms with Gasteiger partial charge < -0.3 is 10.1 Å². The number of aromatic amines is 1. The minimum absolute atomic E-state index is 0.0177. The molecule has 1 aliphatic heterocycles. The Morgan fingerprint density at radius 1 is 1.20 bits per heavy atom. The van der Waals surface area contributed by atoms with E-state index in [1.54, 1.807) is 25.1 Å². The van der Waals surface area contributed by atoms with Crippen LogP contribution < -0.4 is 9.44 Å². The van der Waals surface area contributed by atoms with Gasteiger partial charge in [-0.2, -0.15) is 18.4 Å². The number of nitriles is 1. The SMILES string of the molecule is Cc1ccc(S(=O)(=O)N[C@@H](Cc2ccc(C3CC(=O)NS3(=O)=O)c(C#N)c2)c2nc3ccccc3[nH]2)cc1Cl.O=C(O)C(F)(F)F. The Labute approximate surface area is 265 Å². The molecule has 4 aromatic rings. The molecule has 2 atom stereocenters. The van der Waals surface area contributed by atoms with Gasteiger partial charge in [0.05, 0.1) is 40.0 Å². The molecule has 1 saturated heterocycles. The maximum atomic E-state index is 13.4. The summed E-state index contributed by atoms with van der Waals surface area (Å²) >= 11 is 6.18. The Kier molecular flexibility index (Phi) is 9.78. The van der Waals surface area contributed by atoms with Gasteiger partial charge in [-0.3, -0.25) is 9.52 Å². The molecule has 0 saturated carbocycles. The van der Waals surface area contributed by atoms with Gasteiger partial charge in [-0.15, -0.1) is 0 Å². The van der Waals surface area contributed by atoms with Gasteiger partial charge in [0.25, 0.3) is 0 Å². The van der Waals surface area contributed by atoms with E-state index in [1.165, 1.54) is 24.3 Å². The number of H-pyrrole nitrogens is 1. The second-order valence-corrected chi connectivity index (χ2v) is 14.0. The first-order chi connectivity index (χ1) is 21.4. The number of nitrogens with one attached hydrogen (secondary N) is 3. The number of sulfonamides is 2. The summed E-state index contributed by atoms with van der Waals surface area (Å²) in [7, 11) is -7.99. The molecular weight excluding hydrogens is 675 g/mol. The van der Waals surface area contributed by atoms with Crippen LogP contribution in [0.4, 0.5) is 13.2 Å². The molecule has 5 rings (SSSR count). The molecule has 0 bridgehead atoms. The van der Waals surface area contributed by atoms with Crippen LogP contribution in [-0.4, -0.2) is 50.0 Å². The first-order valence-electron chi connectivity index (χ1n) is 13.0. The van der Waals surface area contributed by atoms with Gasteiger partial charge in [-0.1, -0.05) is 41.9 Å². The van der Waals surface area contributed by atoms with Crippen molar-refractivity contribution < 1.29 is 44.7 Å². The number of halogens is 4. The number of hydrogen-bond acceptors (Lipinski definition) is 8. The third kappa shape index (κ3) is 7.83. The van der Waals surface area contributed by atoms with Crippen LogP contribution in [0.5, 0.6) is 0 Å². The van der Waals surface area contributed by atoms with Crippen LogP contribution in [0.1, 0.15) is 45.8 Å². The lowest BCUT2D eigenvalue weighted by Crippen LogP contribution is -2.31. The maximum absolute atomic E-state index is 13.4. The number of carboxylic acids is 1. The Hall–Kier alpha value is -4.50. The van der Waals surface area contributed by atoms with Crippen molar-refractivity contribution in [3.05, 3.63) is 93.8 Å². The van der Waals surface area contributed by atoms with Gasteiger partial charge in [-0.05, 0) is 60.4 Å². The number of aliphatic carboxylic acids is 1. The molecule has 12 nitrogen and oxygen atoms in total. The highest BCUT2D eigenvalue weighted by Crippen LogP contribution is 2.33. The Morgan fingerprint density at radius 2 is 1.87 bits per heavy atom. The van der Waals surface area contributed by atoms with E-state index in [-0.39, 0.29) is 28.9 Å². The number of benzene rings is 3. The average Bonchev–Trinajstić information content (AvgIpc) is 3.52. The number of imidazole rings is 1. The van der Waals surface area contributed by atoms with Crippen molar-refractivity contribution in [3.63, 3.8) is 0 Å². The third-order valence-electron chi connectivity index (χ3n) is 6.76. The van der Waals surface area contributed by atoms with Crippen molar-refractivity contribution in [2.75, 3.05) is 0 Å². The van der Waals surface area contributed by atoms with E-state index >= 15 is 0 Å². The Morgan fingerprint density at radius 3 is 2.43 bits per heavy atom. The van der Waals surface area contributed by atoms with Gasteiger partial charge in [0.15, 0.2) is 0 Å². The van der Waals surface area contributed by atoms with Crippen LogP contribution in [0.25, 0.3) is 11.0 Å². The van der Waals surface area contributed by atoms with Crippen molar-refractivity contribution >= 4 is 54.6 Å². The molecule has 46 heavy (non-hydrogen) atoms. The predicted molar refractivity (Wildman–Crippen MR) is 158 cm³/mol. The molecule has 1 aromatic heterocycles. The minimum Gasteiger partial charge on any atom is -0.475 e. The summed E-state index contributed by atoms with van der Waals surface area (Å²) in [6, 6.07) is 17.4. The number of hydrogen-bond donors (Lipinski definition) is 4. The summed E-state index contributed by atoms with van der Waals surface area (Å²) < 4.78 is 87.9. The van der Waals surface area contributed by atoms with E-state index in [0.717, 1.165) is 5.56 Å². The van der Waals surface area contributed by atoms with Crippen molar-refractivity contribution in [2.24, 2.45) is 0 Å². The molecule has 0 spiro atoms. The fraction of sp³-hybridized carbons (Fsp3) is 0.214. The molecule has 1 unspecified atom stereocenters. The smallest absolute Gasteiger partial charge is 0.475 e. The van der Waals surface area contributed by atoms with E-state index in [0.29, 0.717) is 27.4 Å². The molecule has 1 amide bonds. The van der Waals surface area contributed by atoms with E-state index < -0.39 is 49.4 Å². The number of carbonyl (C=O) groups excluding carboxylic acids is 1. The zero-order chi connectivity index (χ0) is 34.0. The van der Waals surface area contributed by atoms with Crippen LogP contribution in [0.3, 0.4) is 0 Å². The lowest BCUT2D eigenvalue weighted by molar-refractivity contribution is -0.192. The normalized spacial score (nSPS) is 16.6. The molecule has 18 heteroatoms. The van der Waals surface area contributed by atoms with Crippen LogP contribution in [0.15, 0.2) is 65.6 Å². The number of carbonyl (C=O) groups is 2. The molecule has 1 aliphatic rings. The molecule has 242 valence electrons. The largest absolute Gasteiger partial charge is 0.490 e. The van der Waals surface area contributed by atoms with E-state index in [1.807, 2.05) is 29.0 Å². The predicted octanol–water partition coefficient (Wildman–Crippen LogP) is 4.18. The van der Waals surface area contributed by atoms with E-state index in [9.17, 15) is 40.1 Å². The van der Waals surface area contributed by atoms with Gasteiger partial charge in [-0.25, -0.2) is 31.3 Å². The number of aryl methyl sites for hydroxylation is 1. The zero-order valence-electron chi connectivity index (χ0n) is 23.5. The molecule has 4 N–H and O–H groups in total. The summed E-state index contributed by atoms with van der Waals surface area (Å²) in [5.41, 5.74) is 2.93. The first kappa shape index (κ1) is 34.4. The number of fused-ring (bicyclic) bond motifs is 1. The number of rotatable bonds is 7. The average molecular weight is 698 g/mol. The Bertz CT molecular complexity index is 2060. The highest BCUT2D eigenvalue weighted by molar-refractivity contribution is 7.90. The zero-order valence-corrected chi connectivity index (χ0v) is 25.9. The number of nitrogens with zero attached hydrogens (tertiary/aromatic N) is 2. The number of amides is 1. The standard InChI is InChI=1S/C26H22ClN5O5S2.C2HF3O2/c1-15-6-8-18(12-20(15)27)38(34,35)31-23(26-29-21-4-2-3-5-22(21)30-26)11-16-7-9-19(17(10-16)14-28)24-13-25(33)32-39(24,36)37;3-2(4,5)1(6)7/h2-10,12,23-24,31H,11,13H2,1H3,(H,29,30)(H,32,33);(H,6,7)/t23-,24?;/m0./s1. The molecule has 2 heterocycles. The lowest BCUT2D eigenvalue weighted by atomic mass is 9.97. The summed E-state index contributed by atoms with van der Waals surface area (Å²) in [4.78, 5) is 28.3. The van der Waals surface area contributed by atoms with Gasteiger partial charge in [0.1, 0.15) is 11.1 Å². The molecular formula is C28H23ClF3N5O7S2. The first-order valence-corrected chi connectivity index (χ1v) is 16.4. The highest BCUT2D eigenvalue weighted by Gasteiger charge is 2.39. The summed E-state index contributed by atoms with van der Waals surface area (Å²) in [5, 5.41) is 16.0. The summed E-state index contributed by atoms with van der Waals surface area (Å²) in [6.45, 7) is 1.77. The van der Waals surface area contributed by atoms with Crippen LogP contribution in [0, 0.1) is 18.3 Å². The van der Waals surface area contributed by atoms with Crippen molar-refractivity contribution in [1.82, 2.24) is 19.4 Å². The van der Waals surface area contributed by atoms with E-state index in [4.69, 9.17) is 21.5 Å². The number of aromatic nitrogens is 2. The minimum atomic E-state index is -5.08. The third-order valence-corrected chi connectivity index (χ3v) is 10.3. The van der Waals surface area contributed by atoms with Gasteiger partial charge >= 0.3 is 12.1 Å². The van der Waals surface area contributed by atoms with Crippen molar-refractivity contribution in [1.29, 1.82) is 5.26 Å². The van der Waals surface area contributed by atoms with Crippen LogP contribution in [-0.2, 0) is 36.1 Å². The summed E-state index contributed by atoms with van der Waals surface area (Å²) in [6.07, 6.45) is -5.28. The fourth-order valence-electron chi connectivity index (χ4n) is 4.50. The van der Waals surface area contributed by atoms with E-state index in [2.05, 4.69) is 14.7 Å². The number of carboxylic acid groups (broad SMARTS) is 1. The van der Waals surface area contributed by atoms with Gasteiger partial charge in [0.2, 0.25) is 26.0 Å². The van der Waals surface area contributed by atoms with Crippen LogP contribution in [0.2, 0.25) is 5.02 Å². The molecule has 0 radical (unpaired) electrons. The molecule has 1 fully saturated rings. The Balaban J connectivity index is 0.000000617. The van der Waals surface area contributed by atoms with Gasteiger partial charge in [0, 0.05) is 5.02 Å². The van der Waals surface area contributed by atoms with Crippen molar-refractivity contribution in [2.45, 2.75) is 42.1 Å². The highest BCUT2D eigenvalue weighted by atomic mass is 35.5. The van der Waals surface area contributed by atoms with Crippen molar-refractivity contribution in [3.8, 4) is 6.07 Å². The monoisotopic (exact) mass is 697 g/mol. The molecule has 0 aliphatic carbocycles. The summed E-state index contributed by atoms with van der Waals surface area (Å²) in [5.74, 6) is -3.04. The lowest BCUT2D eigenvalue weighted by Gasteiger charge is -2.18. The fourth-order valence-corrected chi connectivity index (χ4v) is 7.42. The maximum Gasteiger partial charge on any atom is 0.490 e. The quantitative estimate of drug-likeness (QED) is 0.219. The number of para-hydroxylation sites is 2.